The molecule has 1 unspecified atom stereocenters. The second-order valence-corrected chi connectivity index (χ2v) is 9.78. The van der Waals surface area contributed by atoms with Crippen LogP contribution in [0.4, 0.5) is 0 Å². The normalized spacial score (nSPS) is 13.2. The molecule has 0 rings (SSSR count). The Bertz CT molecular complexity index is 314. The molecule has 5 nitrogen and oxygen atoms in total. The van der Waals surface area contributed by atoms with Crippen molar-refractivity contribution in [3.8, 4) is 0 Å². The van der Waals surface area contributed by atoms with Crippen molar-refractivity contribution in [1.29, 1.82) is 0 Å². The van der Waals surface area contributed by atoms with E-state index in [1.807, 2.05) is 27.7 Å². The molecule has 0 amide bonds. The number of nitrogens with two attached hydrogens (primary N) is 2. The zero-order chi connectivity index (χ0) is 20.5. The summed E-state index contributed by atoms with van der Waals surface area (Å²) in [5.41, 5.74) is 10.8. The van der Waals surface area contributed by atoms with E-state index >= 15 is 0 Å². The van der Waals surface area contributed by atoms with Crippen molar-refractivity contribution < 1.29 is 11.8 Å². The molecule has 5 N–H and O–H groups in total. The van der Waals surface area contributed by atoms with E-state index in [1.165, 1.54) is 64.2 Å². The molecule has 26 heavy (non-hydrogen) atoms. The Kier molecular flexibility index (Phi) is 18.8. The minimum atomic E-state index is -2.89. The Morgan fingerprint density at radius 2 is 1.04 bits per heavy atom. The molecule has 0 saturated heterocycles. The predicted molar refractivity (Wildman–Crippen MR) is 112 cm³/mol. The Morgan fingerprint density at radius 1 is 0.731 bits per heavy atom. The van der Waals surface area contributed by atoms with Crippen LogP contribution in [-0.4, -0.2) is 36.4 Å². The second-order valence-electron chi connectivity index (χ2n) is 8.37. The summed E-state index contributed by atoms with van der Waals surface area (Å²) in [5.74, 6) is 0. The van der Waals surface area contributed by atoms with Gasteiger partial charge in [-0.05, 0) is 27.7 Å². The maximum atomic E-state index is 10.3. The number of rotatable bonds is 15. The van der Waals surface area contributed by atoms with E-state index in [9.17, 15) is 3.83 Å². The van der Waals surface area contributed by atoms with Gasteiger partial charge in [-0.3, -0.25) is 0 Å². The Labute approximate surface area is 167 Å². The van der Waals surface area contributed by atoms with Crippen LogP contribution in [-0.2, 0) is 7.65 Å². The summed E-state index contributed by atoms with van der Waals surface area (Å²) in [6.07, 6.45) is 15.6. The topological polar surface area (TPSA) is 98.6 Å². The maximum absolute atomic E-state index is 10.3. The molecule has 160 valence electrons. The minimum absolute atomic E-state index is 0.285. The molecule has 0 aromatic carbocycles. The monoisotopic (exact) mass is 442 g/mol. The van der Waals surface area contributed by atoms with Gasteiger partial charge in [0.05, 0.1) is 0 Å². The van der Waals surface area contributed by atoms with Crippen LogP contribution in [0.25, 0.3) is 0 Å². The van der Waals surface area contributed by atoms with E-state index in [0.29, 0.717) is 6.61 Å². The molecule has 0 aliphatic carbocycles. The predicted octanol–water partition coefficient (Wildman–Crippen LogP) is 4.57. The van der Waals surface area contributed by atoms with E-state index in [0.717, 1.165) is 12.8 Å². The van der Waals surface area contributed by atoms with Crippen molar-refractivity contribution in [3.05, 3.63) is 0 Å². The van der Waals surface area contributed by atoms with E-state index in [-0.39, 0.29) is 11.1 Å². The fourth-order valence-corrected chi connectivity index (χ4v) is 2.62. The van der Waals surface area contributed by atoms with E-state index in [4.69, 9.17) is 15.7 Å². The van der Waals surface area contributed by atoms with Gasteiger partial charge in [-0.15, -0.1) is 0 Å². The van der Waals surface area contributed by atoms with Crippen LogP contribution >= 0.6 is 0 Å². The van der Waals surface area contributed by atoms with Crippen molar-refractivity contribution in [2.45, 2.75) is 123 Å². The van der Waals surface area contributed by atoms with Gasteiger partial charge >= 0.3 is 97.2 Å². The van der Waals surface area contributed by atoms with Crippen molar-refractivity contribution in [1.82, 2.24) is 0 Å². The van der Waals surface area contributed by atoms with Crippen molar-refractivity contribution in [2.75, 3.05) is 6.61 Å². The molecule has 0 aliphatic rings. The van der Waals surface area contributed by atoms with E-state index in [2.05, 4.69) is 10.7 Å². The Morgan fingerprint density at radius 3 is 1.31 bits per heavy atom. The van der Waals surface area contributed by atoms with Gasteiger partial charge in [0, 0.05) is 11.1 Å². The molecule has 0 radical (unpaired) electrons. The average Bonchev–Trinajstić information content (AvgIpc) is 2.50. The van der Waals surface area contributed by atoms with E-state index in [1.54, 1.807) is 0 Å². The first-order chi connectivity index (χ1) is 12.0. The van der Waals surface area contributed by atoms with Gasteiger partial charge in [-0.1, -0.05) is 19.8 Å². The summed E-state index contributed by atoms with van der Waals surface area (Å²) in [4.78, 5) is 0. The van der Waals surface area contributed by atoms with Crippen LogP contribution in [0.5, 0.6) is 0 Å². The molecule has 0 saturated carbocycles. The van der Waals surface area contributed by atoms with Crippen molar-refractivity contribution in [3.63, 3.8) is 0 Å². The fraction of sp³-hybridized carbons (Fsp3) is 1.00. The van der Waals surface area contributed by atoms with Crippen molar-refractivity contribution >= 4 is 14.5 Å². The first-order valence-corrected chi connectivity index (χ1v) is 12.5. The molecule has 0 spiro atoms. The first kappa shape index (κ1) is 28.4. The van der Waals surface area contributed by atoms with Gasteiger partial charge in [-0.2, -0.15) is 0 Å². The van der Waals surface area contributed by atoms with Gasteiger partial charge in [0.1, 0.15) is 0 Å². The number of unbranched alkanes of at least 4 members (excludes halogenated alkanes) is 11. The summed E-state index contributed by atoms with van der Waals surface area (Å²) in [6, 6.07) is 0. The summed E-state index contributed by atoms with van der Waals surface area (Å²) in [6.45, 7) is 10.4. The molecule has 0 aliphatic heterocycles. The summed E-state index contributed by atoms with van der Waals surface area (Å²) in [7, 11) is 0. The van der Waals surface area contributed by atoms with Gasteiger partial charge in [-0.25, -0.2) is 0 Å². The van der Waals surface area contributed by atoms with Crippen LogP contribution in [0.1, 0.15) is 112 Å². The molecule has 0 fully saturated rings. The number of hydrogen-bond acceptors (Lipinski definition) is 4. The Hall–Kier alpha value is 0.159. The number of hydrogen-bond donors (Lipinski definition) is 3. The van der Waals surface area contributed by atoms with Crippen LogP contribution in [0, 0.1) is 0 Å². The van der Waals surface area contributed by atoms with Crippen LogP contribution < -0.4 is 11.5 Å². The van der Waals surface area contributed by atoms with Crippen molar-refractivity contribution in [2.24, 2.45) is 11.5 Å². The third-order valence-electron chi connectivity index (χ3n) is 4.84. The zero-order valence-corrected chi connectivity index (χ0v) is 19.7. The van der Waals surface area contributed by atoms with Gasteiger partial charge in [0.2, 0.25) is 0 Å². The van der Waals surface area contributed by atoms with Crippen LogP contribution in [0.3, 0.4) is 0 Å². The van der Waals surface area contributed by atoms with Gasteiger partial charge < -0.3 is 11.5 Å². The summed E-state index contributed by atoms with van der Waals surface area (Å²) < 4.78 is 23.4. The molecular weight excluding hydrogens is 395 g/mol. The van der Waals surface area contributed by atoms with Crippen LogP contribution in [0.2, 0.25) is 0 Å². The molecule has 6 heteroatoms. The first-order valence-electron chi connectivity index (χ1n) is 10.3. The van der Waals surface area contributed by atoms with Gasteiger partial charge in [0.25, 0.3) is 0 Å². The Balaban J connectivity index is 0. The molecule has 0 heterocycles. The quantitative estimate of drug-likeness (QED) is 0.255. The molecule has 1 atom stereocenters. The van der Waals surface area contributed by atoms with E-state index < -0.39 is 14.5 Å². The fourth-order valence-electron chi connectivity index (χ4n) is 2.07. The molecule has 0 aromatic rings. The third kappa shape index (κ3) is 22.2. The second kappa shape index (κ2) is 17.3. The van der Waals surface area contributed by atoms with Crippen LogP contribution in [0.15, 0.2) is 0 Å². The molecule has 0 bridgehead atoms. The summed E-state index contributed by atoms with van der Waals surface area (Å²) in [5, 5.41) is 0. The van der Waals surface area contributed by atoms with Gasteiger partial charge in [0.15, 0.2) is 0 Å². The third-order valence-corrected chi connectivity index (χ3v) is 5.62. The standard InChI is InChI=1S/C14H30O3Se.C6H16N2/c1-2-3-4-5-6-7-8-9-10-11-12-13-14-17-18(15)16;1-5(2,7)6(3,4)8/h2-14H2,1H3,(H,15,16);7-8H2,1-4H3. The molecular formula is C20H46N2O3Se. The molecule has 0 aromatic heterocycles. The average molecular weight is 442 g/mol. The zero-order valence-electron chi connectivity index (χ0n) is 18.0. The summed E-state index contributed by atoms with van der Waals surface area (Å²) >= 11 is -2.89. The SMILES string of the molecule is CC(C)(N)C(C)(C)N.CCCCCCCCCCCCCCO[Se](=O)O.